The number of carbonyl (C=O) groups excluding carboxylic acids is 3. The number of ether oxygens (including phenoxy) is 3. The summed E-state index contributed by atoms with van der Waals surface area (Å²) in [4.78, 5) is 38.1. The van der Waals surface area contributed by atoms with Crippen LogP contribution < -0.4 is 0 Å². The summed E-state index contributed by atoms with van der Waals surface area (Å²) in [6.07, 6.45) is 88.0. The zero-order valence-electron chi connectivity index (χ0n) is 48.5. The molecule has 75 heavy (non-hydrogen) atoms. The fourth-order valence-corrected chi connectivity index (χ4v) is 8.15. The van der Waals surface area contributed by atoms with Gasteiger partial charge in [-0.2, -0.15) is 0 Å². The Kier molecular flexibility index (Phi) is 58.4. The van der Waals surface area contributed by atoms with Gasteiger partial charge in [0.05, 0.1) is 6.42 Å². The quantitative estimate of drug-likeness (QED) is 0.0261. The van der Waals surface area contributed by atoms with Crippen LogP contribution in [0.15, 0.2) is 134 Å². The maximum absolute atomic E-state index is 12.8. The molecule has 0 spiro atoms. The van der Waals surface area contributed by atoms with Gasteiger partial charge in [-0.25, -0.2) is 0 Å². The second-order valence-electron chi connectivity index (χ2n) is 19.9. The Labute approximate surface area is 462 Å². The van der Waals surface area contributed by atoms with Crippen molar-refractivity contribution in [3.8, 4) is 0 Å². The summed E-state index contributed by atoms with van der Waals surface area (Å²) in [5.74, 6) is -1.16. The third-order valence-corrected chi connectivity index (χ3v) is 12.7. The highest BCUT2D eigenvalue weighted by Gasteiger charge is 2.19. The van der Waals surface area contributed by atoms with E-state index in [9.17, 15) is 14.4 Å². The zero-order chi connectivity index (χ0) is 54.3. The summed E-state index contributed by atoms with van der Waals surface area (Å²) >= 11 is 0. The summed E-state index contributed by atoms with van der Waals surface area (Å²) in [5.41, 5.74) is 0. The summed E-state index contributed by atoms with van der Waals surface area (Å²) < 4.78 is 16.7. The molecule has 0 aromatic rings. The van der Waals surface area contributed by atoms with Crippen molar-refractivity contribution >= 4 is 17.9 Å². The van der Waals surface area contributed by atoms with Crippen LogP contribution in [-0.4, -0.2) is 37.2 Å². The largest absolute Gasteiger partial charge is 0.462 e. The van der Waals surface area contributed by atoms with Crippen LogP contribution in [0.3, 0.4) is 0 Å². The number of esters is 3. The van der Waals surface area contributed by atoms with E-state index in [0.717, 1.165) is 77.0 Å². The van der Waals surface area contributed by atoms with E-state index in [1.807, 2.05) is 18.2 Å². The van der Waals surface area contributed by atoms with Crippen LogP contribution in [0.5, 0.6) is 0 Å². The van der Waals surface area contributed by atoms with Crippen molar-refractivity contribution in [2.45, 2.75) is 271 Å². The molecule has 0 heterocycles. The van der Waals surface area contributed by atoms with Gasteiger partial charge < -0.3 is 14.2 Å². The van der Waals surface area contributed by atoms with Crippen molar-refractivity contribution in [2.24, 2.45) is 0 Å². The predicted octanol–water partition coefficient (Wildman–Crippen LogP) is 21.0. The summed E-state index contributed by atoms with van der Waals surface area (Å²) in [5, 5.41) is 0. The molecule has 0 amide bonds. The van der Waals surface area contributed by atoms with Crippen LogP contribution in [0.1, 0.15) is 265 Å². The predicted molar refractivity (Wildman–Crippen MR) is 325 cm³/mol. The van der Waals surface area contributed by atoms with Crippen LogP contribution in [-0.2, 0) is 28.6 Å². The second-order valence-corrected chi connectivity index (χ2v) is 19.9. The van der Waals surface area contributed by atoms with E-state index >= 15 is 0 Å². The molecule has 1 unspecified atom stereocenters. The van der Waals surface area contributed by atoms with Crippen LogP contribution in [0.25, 0.3) is 0 Å². The molecule has 0 aliphatic rings. The topological polar surface area (TPSA) is 78.9 Å². The van der Waals surface area contributed by atoms with Crippen molar-refractivity contribution in [1.82, 2.24) is 0 Å². The summed E-state index contributed by atoms with van der Waals surface area (Å²) in [7, 11) is 0. The van der Waals surface area contributed by atoms with Gasteiger partial charge in [0, 0.05) is 12.8 Å². The van der Waals surface area contributed by atoms with Gasteiger partial charge in [0.2, 0.25) is 0 Å². The van der Waals surface area contributed by atoms with E-state index in [4.69, 9.17) is 14.2 Å². The minimum Gasteiger partial charge on any atom is -0.462 e. The highest BCUT2D eigenvalue weighted by molar-refractivity contribution is 5.72. The normalized spacial score (nSPS) is 13.1. The average Bonchev–Trinajstić information content (AvgIpc) is 3.41. The number of hydrogen-bond donors (Lipinski definition) is 0. The van der Waals surface area contributed by atoms with Gasteiger partial charge in [-0.1, -0.05) is 276 Å². The molecule has 0 saturated carbocycles. The van der Waals surface area contributed by atoms with Crippen LogP contribution >= 0.6 is 0 Å². The lowest BCUT2D eigenvalue weighted by Crippen LogP contribution is -2.30. The average molecular weight is 1040 g/mol. The molecule has 0 aliphatic carbocycles. The van der Waals surface area contributed by atoms with Gasteiger partial charge in [0.1, 0.15) is 13.2 Å². The van der Waals surface area contributed by atoms with Gasteiger partial charge in [0.15, 0.2) is 6.10 Å². The van der Waals surface area contributed by atoms with Crippen molar-refractivity contribution < 1.29 is 28.6 Å². The highest BCUT2D eigenvalue weighted by atomic mass is 16.6. The molecule has 0 aromatic carbocycles. The molecule has 0 saturated heterocycles. The molecule has 0 fully saturated rings. The lowest BCUT2D eigenvalue weighted by molar-refractivity contribution is -0.166. The number of unbranched alkanes of at least 4 members (excludes halogenated alkanes) is 22. The Balaban J connectivity index is 4.33. The third-order valence-electron chi connectivity index (χ3n) is 12.7. The molecule has 0 radical (unpaired) electrons. The molecule has 0 N–H and O–H groups in total. The first-order valence-corrected chi connectivity index (χ1v) is 30.7. The van der Waals surface area contributed by atoms with Crippen LogP contribution in [0.2, 0.25) is 0 Å². The van der Waals surface area contributed by atoms with Crippen molar-refractivity contribution in [1.29, 1.82) is 0 Å². The Morgan fingerprint density at radius 1 is 0.293 bits per heavy atom. The minimum atomic E-state index is -0.865. The van der Waals surface area contributed by atoms with E-state index in [1.54, 1.807) is 6.08 Å². The Hall–Kier alpha value is -4.45. The van der Waals surface area contributed by atoms with Gasteiger partial charge in [0.25, 0.3) is 0 Å². The molecule has 6 nitrogen and oxygen atoms in total. The first-order chi connectivity index (χ1) is 37.0. The molecule has 0 aromatic heterocycles. The van der Waals surface area contributed by atoms with Crippen molar-refractivity contribution in [2.75, 3.05) is 13.2 Å². The van der Waals surface area contributed by atoms with Crippen LogP contribution in [0, 0.1) is 0 Å². The molecule has 1 atom stereocenters. The Morgan fingerprint density at radius 2 is 0.587 bits per heavy atom. The molecule has 0 bridgehead atoms. The lowest BCUT2D eigenvalue weighted by atomic mass is 10.0. The maximum Gasteiger partial charge on any atom is 0.310 e. The van der Waals surface area contributed by atoms with E-state index in [1.165, 1.54) is 135 Å². The van der Waals surface area contributed by atoms with E-state index in [0.29, 0.717) is 19.3 Å². The molecular formula is C69H112O6. The van der Waals surface area contributed by atoms with Gasteiger partial charge >= 0.3 is 17.9 Å². The number of allylic oxidation sites excluding steroid dienone is 21. The standard InChI is InChI=1S/C69H112O6/c1-4-7-10-13-16-19-22-25-27-28-29-30-31-32-33-34-35-36-37-38-39-40-42-44-47-50-53-56-59-62-68(71)74-65-66(64-73-67(70)61-58-55-52-49-46-43-24-21-18-15-12-9-6-3)75-69(72)63-60-57-54-51-48-45-41-26-23-20-17-14-11-8-5-2/h8-9,11-12,17-18,20-22,25-26,28-29,41,43,46,48,51-52,55,57,60,66H,4-7,10,13-16,19,23-24,27,30-40,42,44-45,47,49-50,53-54,56,58-59,61-65H2,1-3H3/b11-8-,12-9-,20-17-,21-18-,25-22-,29-28-,41-26-,46-43-,51-48-,55-52-,60-57-. The first-order valence-electron chi connectivity index (χ1n) is 30.7. The molecular weight excluding hydrogens is 925 g/mol. The highest BCUT2D eigenvalue weighted by Crippen LogP contribution is 2.16. The fourth-order valence-electron chi connectivity index (χ4n) is 8.15. The molecule has 0 rings (SSSR count). The fraction of sp³-hybridized carbons (Fsp3) is 0.638. The van der Waals surface area contributed by atoms with Gasteiger partial charge in [-0.15, -0.1) is 0 Å². The van der Waals surface area contributed by atoms with E-state index < -0.39 is 12.1 Å². The smallest absolute Gasteiger partial charge is 0.310 e. The number of hydrogen-bond acceptors (Lipinski definition) is 6. The van der Waals surface area contributed by atoms with E-state index in [-0.39, 0.29) is 38.0 Å². The number of carbonyl (C=O) groups is 3. The maximum atomic E-state index is 12.8. The summed E-state index contributed by atoms with van der Waals surface area (Å²) in [6, 6.07) is 0. The molecule has 6 heteroatoms. The zero-order valence-corrected chi connectivity index (χ0v) is 48.5. The van der Waals surface area contributed by atoms with Crippen molar-refractivity contribution in [3.05, 3.63) is 134 Å². The summed E-state index contributed by atoms with van der Waals surface area (Å²) in [6.45, 7) is 6.25. The Morgan fingerprint density at radius 3 is 0.960 bits per heavy atom. The second kappa shape index (κ2) is 62.1. The van der Waals surface area contributed by atoms with Gasteiger partial charge in [-0.05, 0) is 103 Å². The van der Waals surface area contributed by atoms with E-state index in [2.05, 4.69) is 130 Å². The molecule has 0 aliphatic heterocycles. The SMILES string of the molecule is CC/C=C\C/C=C\C/C=C\C/C=C\C/C=C\CC(=O)OC(COC(=O)CC/C=C\C/C=C\C/C=C\C/C=C\CC)COC(=O)CCCCCCCCCCCCCCCCCCC/C=C\C/C=C\CCCCCCC. The Bertz CT molecular complexity index is 1620. The number of rotatable bonds is 54. The van der Waals surface area contributed by atoms with Crippen molar-refractivity contribution in [3.63, 3.8) is 0 Å². The first kappa shape index (κ1) is 70.5. The minimum absolute atomic E-state index is 0.0784. The van der Waals surface area contributed by atoms with Gasteiger partial charge in [-0.3, -0.25) is 14.4 Å². The monoisotopic (exact) mass is 1040 g/mol. The lowest BCUT2D eigenvalue weighted by Gasteiger charge is -2.18. The third kappa shape index (κ3) is 60.3. The van der Waals surface area contributed by atoms with Crippen LogP contribution in [0.4, 0.5) is 0 Å². The molecule has 424 valence electrons.